The molecule has 5 heteroatoms. The summed E-state index contributed by atoms with van der Waals surface area (Å²) in [7, 11) is 0. The highest BCUT2D eigenvalue weighted by Crippen LogP contribution is 2.32. The lowest BCUT2D eigenvalue weighted by molar-refractivity contribution is -0.134. The molecule has 0 bridgehead atoms. The van der Waals surface area contributed by atoms with Gasteiger partial charge in [0.1, 0.15) is 5.82 Å². The van der Waals surface area contributed by atoms with E-state index in [9.17, 15) is 4.79 Å². The Bertz CT molecular complexity index is 760. The number of amides is 1. The number of piperidine rings is 1. The normalized spacial score (nSPS) is 24.4. The zero-order valence-electron chi connectivity index (χ0n) is 15.2. The van der Waals surface area contributed by atoms with Crippen LogP contribution in [0.25, 0.3) is 11.0 Å². The van der Waals surface area contributed by atoms with Gasteiger partial charge in [0.2, 0.25) is 5.91 Å². The molecule has 2 fully saturated rings. The van der Waals surface area contributed by atoms with Crippen LogP contribution in [0.4, 0.5) is 0 Å². The molecule has 5 nitrogen and oxygen atoms in total. The first kappa shape index (κ1) is 16.6. The summed E-state index contributed by atoms with van der Waals surface area (Å²) in [5.74, 6) is 1.76. The number of carbonyl (C=O) groups is 1. The molecule has 0 spiro atoms. The van der Waals surface area contributed by atoms with Crippen LogP contribution in [0.2, 0.25) is 0 Å². The molecular weight excluding hydrogens is 312 g/mol. The van der Waals surface area contributed by atoms with Gasteiger partial charge in [-0.05, 0) is 58.2 Å². The van der Waals surface area contributed by atoms with Crippen molar-refractivity contribution in [1.82, 2.24) is 19.8 Å². The first-order valence-corrected chi connectivity index (χ1v) is 9.64. The number of hydrogen-bond acceptors (Lipinski definition) is 3. The number of fused-ring (bicyclic) bond motifs is 1. The van der Waals surface area contributed by atoms with Crippen molar-refractivity contribution in [1.29, 1.82) is 0 Å². The molecule has 4 rings (SSSR count). The minimum absolute atomic E-state index is 0.0302. The van der Waals surface area contributed by atoms with Crippen molar-refractivity contribution < 1.29 is 4.79 Å². The molecule has 2 atom stereocenters. The van der Waals surface area contributed by atoms with E-state index in [4.69, 9.17) is 4.98 Å². The van der Waals surface area contributed by atoms with Gasteiger partial charge in [-0.25, -0.2) is 4.98 Å². The molecule has 1 aromatic heterocycles. The van der Waals surface area contributed by atoms with Crippen LogP contribution in [-0.2, 0) is 4.79 Å². The molecule has 2 aliphatic rings. The summed E-state index contributed by atoms with van der Waals surface area (Å²) < 4.78 is 2.36. The van der Waals surface area contributed by atoms with Crippen LogP contribution in [0.1, 0.15) is 57.3 Å². The lowest BCUT2D eigenvalue weighted by Crippen LogP contribution is -2.47. The van der Waals surface area contributed by atoms with Crippen LogP contribution < -0.4 is 5.32 Å². The van der Waals surface area contributed by atoms with Crippen LogP contribution in [0.15, 0.2) is 24.3 Å². The number of benzene rings is 1. The predicted octanol–water partition coefficient (Wildman–Crippen LogP) is 3.08. The van der Waals surface area contributed by atoms with E-state index in [1.165, 1.54) is 5.52 Å². The van der Waals surface area contributed by atoms with Gasteiger partial charge < -0.3 is 14.8 Å². The third-order valence-corrected chi connectivity index (χ3v) is 5.60. The molecule has 134 valence electrons. The van der Waals surface area contributed by atoms with E-state index in [0.717, 1.165) is 56.7 Å². The maximum Gasteiger partial charge on any atom is 0.239 e. The molecule has 0 saturated carbocycles. The summed E-state index contributed by atoms with van der Waals surface area (Å²) in [5, 5.41) is 3.35. The minimum atomic E-state index is 0.0302. The highest BCUT2D eigenvalue weighted by molar-refractivity contribution is 5.82. The van der Waals surface area contributed by atoms with Gasteiger partial charge in [-0.1, -0.05) is 12.1 Å². The van der Waals surface area contributed by atoms with E-state index in [-0.39, 0.29) is 11.9 Å². The highest BCUT2D eigenvalue weighted by Gasteiger charge is 2.33. The molecule has 2 saturated heterocycles. The summed E-state index contributed by atoms with van der Waals surface area (Å²) in [6.45, 7) is 7.08. The lowest BCUT2D eigenvalue weighted by Gasteiger charge is -2.34. The van der Waals surface area contributed by atoms with Gasteiger partial charge in [-0.2, -0.15) is 0 Å². The largest absolute Gasteiger partial charge is 0.341 e. The molecule has 2 unspecified atom stereocenters. The van der Waals surface area contributed by atoms with Crippen LogP contribution >= 0.6 is 0 Å². The number of nitrogens with one attached hydrogen (secondary N) is 1. The van der Waals surface area contributed by atoms with E-state index >= 15 is 0 Å². The first-order valence-electron chi connectivity index (χ1n) is 9.64. The van der Waals surface area contributed by atoms with Gasteiger partial charge >= 0.3 is 0 Å². The Morgan fingerprint density at radius 1 is 1.24 bits per heavy atom. The summed E-state index contributed by atoms with van der Waals surface area (Å²) in [5.41, 5.74) is 2.26. The Balaban J connectivity index is 1.62. The standard InChI is InChI=1S/C20H28N4O/c1-14(2)24-18-10-4-3-8-16(18)22-19(24)15-7-6-12-23(13-15)20(25)17-9-5-11-21-17/h3-4,8,10,14-15,17,21H,5-7,9,11-13H2,1-2H3. The number of carbonyl (C=O) groups excluding carboxylic acids is 1. The van der Waals surface area contributed by atoms with Crippen molar-refractivity contribution in [3.8, 4) is 0 Å². The number of aromatic nitrogens is 2. The van der Waals surface area contributed by atoms with Crippen molar-refractivity contribution in [2.75, 3.05) is 19.6 Å². The van der Waals surface area contributed by atoms with Gasteiger partial charge in [-0.3, -0.25) is 4.79 Å². The Morgan fingerprint density at radius 2 is 2.08 bits per heavy atom. The van der Waals surface area contributed by atoms with Gasteiger partial charge in [0.25, 0.3) is 0 Å². The highest BCUT2D eigenvalue weighted by atomic mass is 16.2. The summed E-state index contributed by atoms with van der Waals surface area (Å²) in [4.78, 5) is 19.8. The summed E-state index contributed by atoms with van der Waals surface area (Å²) >= 11 is 0. The fourth-order valence-electron chi connectivity index (χ4n) is 4.40. The van der Waals surface area contributed by atoms with Crippen molar-refractivity contribution >= 4 is 16.9 Å². The molecule has 0 radical (unpaired) electrons. The summed E-state index contributed by atoms with van der Waals surface area (Å²) in [6.07, 6.45) is 4.25. The van der Waals surface area contributed by atoms with E-state index < -0.39 is 0 Å². The fraction of sp³-hybridized carbons (Fsp3) is 0.600. The van der Waals surface area contributed by atoms with Gasteiger partial charge in [0.15, 0.2) is 0 Å². The number of hydrogen-bond donors (Lipinski definition) is 1. The quantitative estimate of drug-likeness (QED) is 0.934. The number of likely N-dealkylation sites (tertiary alicyclic amines) is 1. The number of nitrogens with zero attached hydrogens (tertiary/aromatic N) is 3. The second-order valence-corrected chi connectivity index (χ2v) is 7.69. The van der Waals surface area contributed by atoms with Crippen LogP contribution in [0, 0.1) is 0 Å². The van der Waals surface area contributed by atoms with Gasteiger partial charge in [-0.15, -0.1) is 0 Å². The van der Waals surface area contributed by atoms with Crippen molar-refractivity contribution in [2.45, 2.75) is 57.5 Å². The Hall–Kier alpha value is -1.88. The minimum Gasteiger partial charge on any atom is -0.341 e. The molecule has 0 aliphatic carbocycles. The lowest BCUT2D eigenvalue weighted by atomic mass is 9.96. The van der Waals surface area contributed by atoms with E-state index in [0.29, 0.717) is 12.0 Å². The third kappa shape index (κ3) is 3.06. The van der Waals surface area contributed by atoms with Gasteiger partial charge in [0.05, 0.1) is 17.1 Å². The van der Waals surface area contributed by atoms with Crippen LogP contribution in [0.3, 0.4) is 0 Å². The topological polar surface area (TPSA) is 50.2 Å². The molecule has 1 N–H and O–H groups in total. The fourth-order valence-corrected chi connectivity index (χ4v) is 4.40. The molecule has 3 heterocycles. The Morgan fingerprint density at radius 3 is 2.84 bits per heavy atom. The van der Waals surface area contributed by atoms with Crippen LogP contribution in [0.5, 0.6) is 0 Å². The average Bonchev–Trinajstić information content (AvgIpc) is 3.28. The maximum absolute atomic E-state index is 12.8. The van der Waals surface area contributed by atoms with E-state index in [1.807, 2.05) is 6.07 Å². The van der Waals surface area contributed by atoms with E-state index in [1.54, 1.807) is 0 Å². The van der Waals surface area contributed by atoms with Crippen molar-refractivity contribution in [3.05, 3.63) is 30.1 Å². The van der Waals surface area contributed by atoms with Crippen molar-refractivity contribution in [3.63, 3.8) is 0 Å². The zero-order chi connectivity index (χ0) is 17.4. The molecular formula is C20H28N4O. The monoisotopic (exact) mass is 340 g/mol. The average molecular weight is 340 g/mol. The Kier molecular flexibility index (Phi) is 4.50. The number of rotatable bonds is 3. The van der Waals surface area contributed by atoms with Crippen molar-refractivity contribution in [2.24, 2.45) is 0 Å². The molecule has 1 aromatic carbocycles. The van der Waals surface area contributed by atoms with Gasteiger partial charge in [0, 0.05) is 25.0 Å². The first-order chi connectivity index (χ1) is 12.1. The number of imidazole rings is 1. The smallest absolute Gasteiger partial charge is 0.239 e. The molecule has 25 heavy (non-hydrogen) atoms. The summed E-state index contributed by atoms with van der Waals surface area (Å²) in [6, 6.07) is 8.76. The second kappa shape index (κ2) is 6.79. The second-order valence-electron chi connectivity index (χ2n) is 7.69. The maximum atomic E-state index is 12.8. The molecule has 2 aromatic rings. The molecule has 1 amide bonds. The third-order valence-electron chi connectivity index (χ3n) is 5.60. The number of para-hydroxylation sites is 2. The van der Waals surface area contributed by atoms with E-state index in [2.05, 4.69) is 46.8 Å². The Labute approximate surface area is 149 Å². The molecule has 2 aliphatic heterocycles. The zero-order valence-corrected chi connectivity index (χ0v) is 15.2. The SMILES string of the molecule is CC(C)n1c(C2CCCN(C(=O)C3CCCN3)C2)nc2ccccc21. The van der Waals surface area contributed by atoms with Crippen LogP contribution in [-0.4, -0.2) is 46.0 Å². The predicted molar refractivity (Wildman–Crippen MR) is 99.7 cm³/mol.